The van der Waals surface area contributed by atoms with Gasteiger partial charge in [-0.05, 0) is 44.0 Å². The summed E-state index contributed by atoms with van der Waals surface area (Å²) in [5.41, 5.74) is 2.09. The van der Waals surface area contributed by atoms with Gasteiger partial charge in [-0.15, -0.1) is 0 Å². The summed E-state index contributed by atoms with van der Waals surface area (Å²) >= 11 is 0. The minimum atomic E-state index is -0.296. The molecule has 0 bridgehead atoms. The van der Waals surface area contributed by atoms with Crippen molar-refractivity contribution in [1.29, 1.82) is 0 Å². The molecular weight excluding hydrogens is 395 g/mol. The number of hydrogen-bond donors (Lipinski definition) is 1. The zero-order valence-corrected chi connectivity index (χ0v) is 17.4. The summed E-state index contributed by atoms with van der Waals surface area (Å²) < 4.78 is 19.1. The van der Waals surface area contributed by atoms with Crippen molar-refractivity contribution in [3.8, 4) is 17.0 Å². The van der Waals surface area contributed by atoms with Crippen molar-refractivity contribution in [2.45, 2.75) is 19.8 Å². The van der Waals surface area contributed by atoms with Crippen LogP contribution in [0.1, 0.15) is 19.8 Å². The van der Waals surface area contributed by atoms with E-state index in [4.69, 9.17) is 4.74 Å². The maximum atomic E-state index is 13.6. The van der Waals surface area contributed by atoms with Gasteiger partial charge in [0.1, 0.15) is 23.7 Å². The van der Waals surface area contributed by atoms with Crippen molar-refractivity contribution < 1.29 is 13.9 Å². The summed E-state index contributed by atoms with van der Waals surface area (Å²) in [5, 5.41) is 3.01. The molecule has 1 fully saturated rings. The van der Waals surface area contributed by atoms with Gasteiger partial charge in [0.2, 0.25) is 5.91 Å². The van der Waals surface area contributed by atoms with Gasteiger partial charge in [-0.3, -0.25) is 4.79 Å². The summed E-state index contributed by atoms with van der Waals surface area (Å²) in [5.74, 6) is 1.11. The van der Waals surface area contributed by atoms with Crippen molar-refractivity contribution in [1.82, 2.24) is 9.97 Å². The predicted molar refractivity (Wildman–Crippen MR) is 119 cm³/mol. The number of halogens is 1. The molecule has 1 aliphatic rings. The van der Waals surface area contributed by atoms with Crippen molar-refractivity contribution in [3.05, 3.63) is 66.7 Å². The third-order valence-electron chi connectivity index (χ3n) is 5.41. The smallest absolute Gasteiger partial charge is 0.227 e. The van der Waals surface area contributed by atoms with Crippen LogP contribution in [-0.4, -0.2) is 35.6 Å². The molecule has 0 atom stereocenters. The Hall–Kier alpha value is -3.48. The van der Waals surface area contributed by atoms with E-state index in [1.54, 1.807) is 6.07 Å². The molecule has 3 aromatic rings. The fourth-order valence-corrected chi connectivity index (χ4v) is 3.78. The molecule has 4 rings (SSSR count). The fraction of sp³-hybridized carbons (Fsp3) is 0.292. The highest BCUT2D eigenvalue weighted by Crippen LogP contribution is 2.28. The number of hydrogen-bond acceptors (Lipinski definition) is 5. The normalized spacial score (nSPS) is 14.3. The molecule has 1 aromatic heterocycles. The Labute approximate surface area is 181 Å². The number of amides is 1. The summed E-state index contributed by atoms with van der Waals surface area (Å²) in [7, 11) is 0. The van der Waals surface area contributed by atoms with Gasteiger partial charge in [0.15, 0.2) is 0 Å². The quantitative estimate of drug-likeness (QED) is 0.634. The van der Waals surface area contributed by atoms with E-state index in [1.165, 1.54) is 18.5 Å². The zero-order chi connectivity index (χ0) is 21.6. The first-order valence-electron chi connectivity index (χ1n) is 10.5. The number of nitrogens with one attached hydrogen (secondary N) is 1. The second kappa shape index (κ2) is 9.55. The standard InChI is InChI=1S/C24H25FN4O2/c1-2-31-22-9-4-3-8-20(22)28-24(30)17-10-12-29(13-11-17)23-15-21(26-16-27-23)18-6-5-7-19(25)14-18/h3-9,14-17H,2,10-13H2,1H3,(H,28,30). The summed E-state index contributed by atoms with van der Waals surface area (Å²) in [6, 6.07) is 15.7. The van der Waals surface area contributed by atoms with Gasteiger partial charge in [0.25, 0.3) is 0 Å². The Kier molecular flexibility index (Phi) is 6.40. The summed E-state index contributed by atoms with van der Waals surface area (Å²) in [6.45, 7) is 3.89. The van der Waals surface area contributed by atoms with Gasteiger partial charge in [-0.2, -0.15) is 0 Å². The molecule has 0 radical (unpaired) electrons. The lowest BCUT2D eigenvalue weighted by atomic mass is 9.95. The van der Waals surface area contributed by atoms with Crippen LogP contribution in [0.25, 0.3) is 11.3 Å². The number of benzene rings is 2. The maximum absolute atomic E-state index is 13.6. The molecule has 1 aliphatic heterocycles. The molecule has 31 heavy (non-hydrogen) atoms. The molecule has 1 N–H and O–H groups in total. The SMILES string of the molecule is CCOc1ccccc1NC(=O)C1CCN(c2cc(-c3cccc(F)c3)ncn2)CC1. The number of ether oxygens (including phenoxy) is 1. The Morgan fingerprint density at radius 2 is 1.94 bits per heavy atom. The largest absolute Gasteiger partial charge is 0.492 e. The van der Waals surface area contributed by atoms with E-state index in [0.29, 0.717) is 42.4 Å². The van der Waals surface area contributed by atoms with Gasteiger partial charge in [0, 0.05) is 30.6 Å². The topological polar surface area (TPSA) is 67.3 Å². The first-order chi connectivity index (χ1) is 15.1. The predicted octanol–water partition coefficient (Wildman–Crippen LogP) is 4.54. The van der Waals surface area contributed by atoms with Crippen LogP contribution in [0.15, 0.2) is 60.9 Å². The highest BCUT2D eigenvalue weighted by Gasteiger charge is 2.26. The average Bonchev–Trinajstić information content (AvgIpc) is 2.81. The molecule has 2 aromatic carbocycles. The van der Waals surface area contributed by atoms with Crippen LogP contribution in [0.3, 0.4) is 0 Å². The fourth-order valence-electron chi connectivity index (χ4n) is 3.78. The number of carbonyl (C=O) groups excluding carboxylic acids is 1. The number of aromatic nitrogens is 2. The van der Waals surface area contributed by atoms with E-state index in [2.05, 4.69) is 20.2 Å². The highest BCUT2D eigenvalue weighted by molar-refractivity contribution is 5.94. The first kappa shape index (κ1) is 20.8. The molecule has 0 saturated carbocycles. The van der Waals surface area contributed by atoms with E-state index in [9.17, 15) is 9.18 Å². The molecule has 0 unspecified atom stereocenters. The summed E-state index contributed by atoms with van der Waals surface area (Å²) in [4.78, 5) is 23.6. The Morgan fingerprint density at radius 3 is 2.71 bits per heavy atom. The molecule has 1 saturated heterocycles. The Balaban J connectivity index is 1.39. The molecule has 0 spiro atoms. The Bertz CT molecular complexity index is 1050. The average molecular weight is 420 g/mol. The van der Waals surface area contributed by atoms with Crippen LogP contribution < -0.4 is 15.0 Å². The van der Waals surface area contributed by atoms with E-state index >= 15 is 0 Å². The number of para-hydroxylation sites is 2. The summed E-state index contributed by atoms with van der Waals surface area (Å²) in [6.07, 6.45) is 2.95. The van der Waals surface area contributed by atoms with Gasteiger partial charge in [0.05, 0.1) is 18.0 Å². The van der Waals surface area contributed by atoms with E-state index in [-0.39, 0.29) is 17.6 Å². The number of carbonyl (C=O) groups is 1. The van der Waals surface area contributed by atoms with Gasteiger partial charge < -0.3 is 15.0 Å². The van der Waals surface area contributed by atoms with Crippen molar-refractivity contribution in [2.75, 3.05) is 29.9 Å². The lowest BCUT2D eigenvalue weighted by Crippen LogP contribution is -2.38. The third kappa shape index (κ3) is 4.99. The van der Waals surface area contributed by atoms with Gasteiger partial charge in [-0.25, -0.2) is 14.4 Å². The van der Waals surface area contributed by atoms with Crippen LogP contribution in [0.4, 0.5) is 15.9 Å². The minimum Gasteiger partial charge on any atom is -0.492 e. The molecule has 160 valence electrons. The van der Waals surface area contributed by atoms with Crippen molar-refractivity contribution in [2.24, 2.45) is 5.92 Å². The third-order valence-corrected chi connectivity index (χ3v) is 5.41. The number of piperidine rings is 1. The van der Waals surface area contributed by atoms with Gasteiger partial charge >= 0.3 is 0 Å². The second-order valence-electron chi connectivity index (χ2n) is 7.45. The number of nitrogens with zero attached hydrogens (tertiary/aromatic N) is 3. The molecule has 0 aliphatic carbocycles. The maximum Gasteiger partial charge on any atom is 0.227 e. The van der Waals surface area contributed by atoms with E-state index < -0.39 is 0 Å². The zero-order valence-electron chi connectivity index (χ0n) is 17.4. The monoisotopic (exact) mass is 420 g/mol. The molecule has 1 amide bonds. The molecule has 2 heterocycles. The van der Waals surface area contributed by atoms with Crippen molar-refractivity contribution >= 4 is 17.4 Å². The lowest BCUT2D eigenvalue weighted by molar-refractivity contribution is -0.120. The molecule has 6 nitrogen and oxygen atoms in total. The molecular formula is C24H25FN4O2. The Morgan fingerprint density at radius 1 is 1.13 bits per heavy atom. The number of anilines is 2. The van der Waals surface area contributed by atoms with Crippen molar-refractivity contribution in [3.63, 3.8) is 0 Å². The van der Waals surface area contributed by atoms with Crippen LogP contribution >= 0.6 is 0 Å². The van der Waals surface area contributed by atoms with Gasteiger partial charge in [-0.1, -0.05) is 24.3 Å². The van der Waals surface area contributed by atoms with Crippen LogP contribution in [0, 0.1) is 11.7 Å². The second-order valence-corrected chi connectivity index (χ2v) is 7.45. The molecule has 7 heteroatoms. The minimum absolute atomic E-state index is 0.00920. The van der Waals surface area contributed by atoms with E-state index in [1.807, 2.05) is 43.3 Å². The lowest BCUT2D eigenvalue weighted by Gasteiger charge is -2.32. The first-order valence-corrected chi connectivity index (χ1v) is 10.5. The van der Waals surface area contributed by atoms with Crippen LogP contribution in [-0.2, 0) is 4.79 Å². The van der Waals surface area contributed by atoms with E-state index in [0.717, 1.165) is 18.7 Å². The van der Waals surface area contributed by atoms with Crippen LogP contribution in [0.5, 0.6) is 5.75 Å². The van der Waals surface area contributed by atoms with Crippen LogP contribution in [0.2, 0.25) is 0 Å². The number of rotatable bonds is 6. The highest BCUT2D eigenvalue weighted by atomic mass is 19.1.